The summed E-state index contributed by atoms with van der Waals surface area (Å²) in [5, 5.41) is 29.3. The molecule has 0 unspecified atom stereocenters. The fraction of sp³-hybridized carbons (Fsp3) is 0.211. The summed E-state index contributed by atoms with van der Waals surface area (Å²) in [7, 11) is 0. The van der Waals surface area contributed by atoms with Crippen molar-refractivity contribution in [2.75, 3.05) is 31.1 Å². The first-order valence-electron chi connectivity index (χ1n) is 8.22. The monoisotopic (exact) mass is 350 g/mol. The number of phenolic OH excluding ortho intramolecular Hbond substituents is 1. The summed E-state index contributed by atoms with van der Waals surface area (Å²) in [5.74, 6) is 0.241. The Hall–Kier alpha value is -3.53. The predicted octanol–water partition coefficient (Wildman–Crippen LogP) is 2.99. The van der Waals surface area contributed by atoms with Crippen LogP contribution in [0.4, 0.5) is 11.4 Å². The van der Waals surface area contributed by atoms with E-state index >= 15 is 0 Å². The van der Waals surface area contributed by atoms with Gasteiger partial charge in [0.15, 0.2) is 0 Å². The maximum Gasteiger partial charge on any atom is 0.269 e. The summed E-state index contributed by atoms with van der Waals surface area (Å²) in [6.07, 6.45) is 1.48. The first-order valence-corrected chi connectivity index (χ1v) is 8.22. The molecule has 0 atom stereocenters. The molecule has 0 aliphatic carbocycles. The molecule has 7 nitrogen and oxygen atoms in total. The second kappa shape index (κ2) is 7.57. The van der Waals surface area contributed by atoms with E-state index in [4.69, 9.17) is 5.26 Å². The van der Waals surface area contributed by atoms with Crippen LogP contribution in [0.2, 0.25) is 0 Å². The molecule has 1 heterocycles. The van der Waals surface area contributed by atoms with E-state index in [1.54, 1.807) is 24.3 Å². The van der Waals surface area contributed by atoms with Crippen LogP contribution < -0.4 is 4.90 Å². The van der Waals surface area contributed by atoms with Crippen LogP contribution >= 0.6 is 0 Å². The van der Waals surface area contributed by atoms with E-state index in [-0.39, 0.29) is 11.4 Å². The molecule has 2 aromatic carbocycles. The first kappa shape index (κ1) is 17.3. The van der Waals surface area contributed by atoms with Gasteiger partial charge in [-0.2, -0.15) is 5.26 Å². The Kier molecular flexibility index (Phi) is 5.04. The lowest BCUT2D eigenvalue weighted by atomic mass is 10.1. The molecule has 0 spiro atoms. The number of nitro groups is 1. The lowest BCUT2D eigenvalue weighted by Gasteiger charge is -2.38. The highest BCUT2D eigenvalue weighted by Crippen LogP contribution is 2.25. The van der Waals surface area contributed by atoms with Crippen molar-refractivity contribution in [3.05, 3.63) is 70.3 Å². The van der Waals surface area contributed by atoms with E-state index in [0.717, 1.165) is 43.1 Å². The average Bonchev–Trinajstić information content (AvgIpc) is 2.67. The van der Waals surface area contributed by atoms with Gasteiger partial charge in [0.2, 0.25) is 0 Å². The molecular formula is C19H18N4O3. The lowest BCUT2D eigenvalue weighted by molar-refractivity contribution is -0.384. The van der Waals surface area contributed by atoms with Crippen molar-refractivity contribution in [3.8, 4) is 11.8 Å². The van der Waals surface area contributed by atoms with Gasteiger partial charge in [0, 0.05) is 50.1 Å². The fourth-order valence-corrected chi connectivity index (χ4v) is 3.04. The number of benzene rings is 2. The van der Waals surface area contributed by atoms with Crippen molar-refractivity contribution < 1.29 is 10.0 Å². The van der Waals surface area contributed by atoms with E-state index in [1.165, 1.54) is 18.2 Å². The van der Waals surface area contributed by atoms with Gasteiger partial charge in [0.05, 0.1) is 16.7 Å². The number of nitro benzene ring substituents is 1. The molecule has 0 aromatic heterocycles. The standard InChI is InChI=1S/C19H18N4O3/c20-10-9-19(15-1-3-17(4-2-15)23(25)26)22-13-11-21(12-14-22)16-5-7-18(24)8-6-16/h1-9,24H,11-14H2/b19-9+. The van der Waals surface area contributed by atoms with Gasteiger partial charge < -0.3 is 14.9 Å². The number of anilines is 1. The molecule has 1 saturated heterocycles. The van der Waals surface area contributed by atoms with Crippen molar-refractivity contribution in [1.82, 2.24) is 4.90 Å². The molecule has 132 valence electrons. The summed E-state index contributed by atoms with van der Waals surface area (Å²) in [5.41, 5.74) is 2.63. The van der Waals surface area contributed by atoms with Crippen LogP contribution in [0.5, 0.6) is 5.75 Å². The number of piperazine rings is 1. The molecule has 0 saturated carbocycles. The Bertz CT molecular complexity index is 846. The Morgan fingerprint density at radius 1 is 1.08 bits per heavy atom. The van der Waals surface area contributed by atoms with Crippen LogP contribution in [-0.2, 0) is 0 Å². The van der Waals surface area contributed by atoms with E-state index in [9.17, 15) is 15.2 Å². The minimum atomic E-state index is -0.437. The number of nitrogens with zero attached hydrogens (tertiary/aromatic N) is 4. The van der Waals surface area contributed by atoms with Gasteiger partial charge in [-0.15, -0.1) is 0 Å². The minimum Gasteiger partial charge on any atom is -0.508 e. The molecular weight excluding hydrogens is 332 g/mol. The van der Waals surface area contributed by atoms with Gasteiger partial charge >= 0.3 is 0 Å². The molecule has 3 rings (SSSR count). The number of hydrogen-bond donors (Lipinski definition) is 1. The van der Waals surface area contributed by atoms with E-state index in [0.29, 0.717) is 0 Å². The van der Waals surface area contributed by atoms with Crippen molar-refractivity contribution in [2.45, 2.75) is 0 Å². The molecule has 7 heteroatoms. The molecule has 1 aliphatic rings. The highest BCUT2D eigenvalue weighted by atomic mass is 16.6. The molecule has 0 radical (unpaired) electrons. The van der Waals surface area contributed by atoms with Crippen molar-refractivity contribution in [1.29, 1.82) is 5.26 Å². The van der Waals surface area contributed by atoms with Crippen LogP contribution in [0.25, 0.3) is 5.70 Å². The van der Waals surface area contributed by atoms with Gasteiger partial charge in [-0.3, -0.25) is 10.1 Å². The molecule has 0 amide bonds. The average molecular weight is 350 g/mol. The number of hydrogen-bond acceptors (Lipinski definition) is 6. The summed E-state index contributed by atoms with van der Waals surface area (Å²) in [4.78, 5) is 14.7. The molecule has 1 fully saturated rings. The van der Waals surface area contributed by atoms with E-state index in [1.807, 2.05) is 12.1 Å². The zero-order chi connectivity index (χ0) is 18.5. The third kappa shape index (κ3) is 3.75. The maximum atomic E-state index is 10.8. The van der Waals surface area contributed by atoms with E-state index in [2.05, 4.69) is 15.9 Å². The number of nitriles is 1. The van der Waals surface area contributed by atoms with Crippen molar-refractivity contribution in [2.24, 2.45) is 0 Å². The minimum absolute atomic E-state index is 0.0298. The van der Waals surface area contributed by atoms with Gasteiger partial charge in [-0.1, -0.05) is 0 Å². The SMILES string of the molecule is N#C/C=C(\c1ccc([N+](=O)[O-])cc1)N1CCN(c2ccc(O)cc2)CC1. The smallest absolute Gasteiger partial charge is 0.269 e. The van der Waals surface area contributed by atoms with E-state index < -0.39 is 4.92 Å². The first-order chi connectivity index (χ1) is 12.6. The highest BCUT2D eigenvalue weighted by molar-refractivity contribution is 5.67. The normalized spacial score (nSPS) is 14.8. The molecule has 2 aromatic rings. The van der Waals surface area contributed by atoms with Crippen molar-refractivity contribution >= 4 is 17.1 Å². The Labute approximate surface area is 151 Å². The summed E-state index contributed by atoms with van der Waals surface area (Å²) >= 11 is 0. The largest absolute Gasteiger partial charge is 0.508 e. The van der Waals surface area contributed by atoms with Crippen LogP contribution in [0.15, 0.2) is 54.6 Å². The Balaban J connectivity index is 1.72. The third-order valence-corrected chi connectivity index (χ3v) is 4.41. The molecule has 26 heavy (non-hydrogen) atoms. The van der Waals surface area contributed by atoms with Gasteiger partial charge in [0.25, 0.3) is 5.69 Å². The third-order valence-electron chi connectivity index (χ3n) is 4.41. The molecule has 1 N–H and O–H groups in total. The quantitative estimate of drug-likeness (QED) is 0.517. The number of allylic oxidation sites excluding steroid dienone is 1. The van der Waals surface area contributed by atoms with Gasteiger partial charge in [-0.05, 0) is 42.0 Å². The van der Waals surface area contributed by atoms with Gasteiger partial charge in [0.1, 0.15) is 5.75 Å². The fourth-order valence-electron chi connectivity index (χ4n) is 3.04. The van der Waals surface area contributed by atoms with Gasteiger partial charge in [-0.25, -0.2) is 0 Å². The summed E-state index contributed by atoms with van der Waals surface area (Å²) in [6.45, 7) is 3.01. The summed E-state index contributed by atoms with van der Waals surface area (Å²) < 4.78 is 0. The number of aromatic hydroxyl groups is 1. The van der Waals surface area contributed by atoms with Crippen LogP contribution in [-0.4, -0.2) is 41.1 Å². The zero-order valence-corrected chi connectivity index (χ0v) is 14.1. The summed E-state index contributed by atoms with van der Waals surface area (Å²) in [6, 6.07) is 15.4. The zero-order valence-electron chi connectivity index (χ0n) is 14.1. The highest BCUT2D eigenvalue weighted by Gasteiger charge is 2.20. The maximum absolute atomic E-state index is 10.8. The van der Waals surface area contributed by atoms with Crippen LogP contribution in [0.3, 0.4) is 0 Å². The molecule has 1 aliphatic heterocycles. The Morgan fingerprint density at radius 2 is 1.69 bits per heavy atom. The number of rotatable bonds is 4. The topological polar surface area (TPSA) is 93.6 Å². The molecule has 0 bridgehead atoms. The predicted molar refractivity (Wildman–Crippen MR) is 98.6 cm³/mol. The lowest BCUT2D eigenvalue weighted by Crippen LogP contribution is -2.45. The van der Waals surface area contributed by atoms with Crippen molar-refractivity contribution in [3.63, 3.8) is 0 Å². The second-order valence-corrected chi connectivity index (χ2v) is 5.95. The number of phenols is 1. The number of non-ortho nitro benzene ring substituents is 1. The van der Waals surface area contributed by atoms with Crippen LogP contribution in [0, 0.1) is 21.4 Å². The second-order valence-electron chi connectivity index (χ2n) is 5.95. The van der Waals surface area contributed by atoms with Crippen LogP contribution in [0.1, 0.15) is 5.56 Å². The Morgan fingerprint density at radius 3 is 2.23 bits per heavy atom.